The number of nitrogens with zero attached hydrogens (tertiary/aromatic N) is 2. The van der Waals surface area contributed by atoms with Crippen molar-refractivity contribution in [3.05, 3.63) is 35.4 Å². The quantitative estimate of drug-likeness (QED) is 0.864. The third-order valence-electron chi connectivity index (χ3n) is 3.88. The Hall–Kier alpha value is -0.900. The van der Waals surface area contributed by atoms with E-state index < -0.39 is 0 Å². The highest BCUT2D eigenvalue weighted by Crippen LogP contribution is 2.40. The first-order valence-corrected chi connectivity index (χ1v) is 6.79. The highest BCUT2D eigenvalue weighted by atomic mass is 15.1. The van der Waals surface area contributed by atoms with E-state index in [0.717, 1.165) is 19.5 Å². The van der Waals surface area contributed by atoms with Crippen LogP contribution in [0.1, 0.15) is 36.1 Å². The molecule has 1 aromatic rings. The molecule has 0 saturated heterocycles. The second kappa shape index (κ2) is 5.83. The van der Waals surface area contributed by atoms with Crippen molar-refractivity contribution in [1.29, 1.82) is 0 Å². The van der Waals surface area contributed by atoms with Gasteiger partial charge >= 0.3 is 0 Å². The van der Waals surface area contributed by atoms with Crippen LogP contribution in [0.4, 0.5) is 0 Å². The molecular weight excluding hydrogens is 222 g/mol. The minimum atomic E-state index is 0.211. The highest BCUT2D eigenvalue weighted by Gasteiger charge is 2.30. The Kier molecular flexibility index (Phi) is 4.38. The first-order chi connectivity index (χ1) is 8.59. The lowest BCUT2D eigenvalue weighted by Gasteiger charge is -2.25. The number of hydrogen-bond acceptors (Lipinski definition) is 3. The summed E-state index contributed by atoms with van der Waals surface area (Å²) in [6.07, 6.45) is 2.26. The first kappa shape index (κ1) is 13.5. The number of rotatable bonds is 5. The van der Waals surface area contributed by atoms with Gasteiger partial charge in [-0.2, -0.15) is 0 Å². The van der Waals surface area contributed by atoms with Gasteiger partial charge in [-0.15, -0.1) is 0 Å². The number of fused-ring (bicyclic) bond motifs is 1. The Morgan fingerprint density at radius 3 is 2.44 bits per heavy atom. The van der Waals surface area contributed by atoms with Gasteiger partial charge in [0.25, 0.3) is 0 Å². The molecule has 0 heterocycles. The van der Waals surface area contributed by atoms with Crippen molar-refractivity contribution in [3.8, 4) is 0 Å². The molecule has 0 saturated carbocycles. The summed E-state index contributed by atoms with van der Waals surface area (Å²) in [5, 5.41) is 0. The summed E-state index contributed by atoms with van der Waals surface area (Å²) in [6.45, 7) is 2.27. The van der Waals surface area contributed by atoms with E-state index in [-0.39, 0.29) is 6.04 Å². The van der Waals surface area contributed by atoms with E-state index in [1.165, 1.54) is 17.5 Å². The van der Waals surface area contributed by atoms with Crippen LogP contribution in [0.5, 0.6) is 0 Å². The zero-order valence-electron chi connectivity index (χ0n) is 11.8. The maximum absolute atomic E-state index is 6.22. The van der Waals surface area contributed by atoms with Gasteiger partial charge < -0.3 is 10.6 Å². The van der Waals surface area contributed by atoms with Gasteiger partial charge in [0.2, 0.25) is 0 Å². The molecule has 2 rings (SSSR count). The van der Waals surface area contributed by atoms with Crippen molar-refractivity contribution in [2.75, 3.05) is 34.2 Å². The van der Waals surface area contributed by atoms with Crippen LogP contribution in [0.2, 0.25) is 0 Å². The summed E-state index contributed by atoms with van der Waals surface area (Å²) >= 11 is 0. The zero-order chi connectivity index (χ0) is 13.1. The molecular formula is C15H25N3. The van der Waals surface area contributed by atoms with Gasteiger partial charge in [0, 0.05) is 12.1 Å². The van der Waals surface area contributed by atoms with Crippen LogP contribution < -0.4 is 5.73 Å². The predicted octanol–water partition coefficient (Wildman–Crippen LogP) is 2.01. The van der Waals surface area contributed by atoms with Gasteiger partial charge in [0.1, 0.15) is 0 Å². The fraction of sp³-hybridized carbons (Fsp3) is 0.600. The fourth-order valence-electron chi connectivity index (χ4n) is 2.86. The SMILES string of the molecule is CN(C)CCCN(C)C1CC(N)c2ccccc21. The van der Waals surface area contributed by atoms with Crippen LogP contribution in [-0.2, 0) is 0 Å². The van der Waals surface area contributed by atoms with E-state index in [4.69, 9.17) is 5.73 Å². The minimum Gasteiger partial charge on any atom is -0.324 e. The Balaban J connectivity index is 1.98. The second-order valence-corrected chi connectivity index (χ2v) is 5.62. The Labute approximate surface area is 111 Å². The molecule has 0 aliphatic heterocycles. The average Bonchev–Trinajstić information content (AvgIpc) is 2.67. The third kappa shape index (κ3) is 2.91. The van der Waals surface area contributed by atoms with Gasteiger partial charge in [-0.25, -0.2) is 0 Å². The molecule has 1 aromatic carbocycles. The normalized spacial score (nSPS) is 22.8. The summed E-state index contributed by atoms with van der Waals surface area (Å²) in [5.74, 6) is 0. The van der Waals surface area contributed by atoms with Gasteiger partial charge in [-0.05, 0) is 58.2 Å². The monoisotopic (exact) mass is 247 g/mol. The molecule has 1 aliphatic rings. The standard InChI is InChI=1S/C15H25N3/c1-17(2)9-6-10-18(3)15-11-14(16)12-7-4-5-8-13(12)15/h4-5,7-8,14-15H,6,9-11,16H2,1-3H3. The summed E-state index contributed by atoms with van der Waals surface area (Å²) < 4.78 is 0. The van der Waals surface area contributed by atoms with E-state index >= 15 is 0 Å². The minimum absolute atomic E-state index is 0.211. The van der Waals surface area contributed by atoms with E-state index in [9.17, 15) is 0 Å². The third-order valence-corrected chi connectivity index (χ3v) is 3.88. The van der Waals surface area contributed by atoms with Crippen molar-refractivity contribution in [3.63, 3.8) is 0 Å². The molecule has 18 heavy (non-hydrogen) atoms. The molecule has 0 amide bonds. The van der Waals surface area contributed by atoms with Crippen LogP contribution >= 0.6 is 0 Å². The Morgan fingerprint density at radius 2 is 1.78 bits per heavy atom. The molecule has 0 bridgehead atoms. The van der Waals surface area contributed by atoms with Gasteiger partial charge in [-0.3, -0.25) is 4.90 Å². The number of nitrogens with two attached hydrogens (primary N) is 1. The molecule has 2 unspecified atom stereocenters. The van der Waals surface area contributed by atoms with Crippen LogP contribution in [0.15, 0.2) is 24.3 Å². The maximum atomic E-state index is 6.22. The van der Waals surface area contributed by atoms with E-state index in [2.05, 4.69) is 55.2 Å². The predicted molar refractivity (Wildman–Crippen MR) is 76.5 cm³/mol. The van der Waals surface area contributed by atoms with Gasteiger partial charge in [-0.1, -0.05) is 24.3 Å². The molecule has 100 valence electrons. The van der Waals surface area contributed by atoms with E-state index in [1.54, 1.807) is 0 Å². The molecule has 2 N–H and O–H groups in total. The fourth-order valence-corrected chi connectivity index (χ4v) is 2.86. The van der Waals surface area contributed by atoms with Crippen LogP contribution in [0, 0.1) is 0 Å². The van der Waals surface area contributed by atoms with Crippen molar-refractivity contribution >= 4 is 0 Å². The maximum Gasteiger partial charge on any atom is 0.0366 e. The lowest BCUT2D eigenvalue weighted by atomic mass is 10.1. The molecule has 1 aliphatic carbocycles. The molecule has 0 fully saturated rings. The highest BCUT2D eigenvalue weighted by molar-refractivity contribution is 5.37. The smallest absolute Gasteiger partial charge is 0.0366 e. The van der Waals surface area contributed by atoms with Crippen molar-refractivity contribution in [2.45, 2.75) is 24.9 Å². The van der Waals surface area contributed by atoms with E-state index in [0.29, 0.717) is 6.04 Å². The summed E-state index contributed by atoms with van der Waals surface area (Å²) in [4.78, 5) is 4.69. The Bertz CT molecular complexity index is 389. The van der Waals surface area contributed by atoms with Crippen LogP contribution in [-0.4, -0.2) is 44.0 Å². The van der Waals surface area contributed by atoms with E-state index in [1.807, 2.05) is 0 Å². The largest absolute Gasteiger partial charge is 0.324 e. The lowest BCUT2D eigenvalue weighted by Crippen LogP contribution is -2.27. The van der Waals surface area contributed by atoms with Crippen molar-refractivity contribution in [1.82, 2.24) is 9.80 Å². The average molecular weight is 247 g/mol. The summed E-state index contributed by atoms with van der Waals surface area (Å²) in [7, 11) is 6.47. The molecule has 2 atom stereocenters. The number of hydrogen-bond donors (Lipinski definition) is 1. The van der Waals surface area contributed by atoms with Gasteiger partial charge in [0.15, 0.2) is 0 Å². The molecule has 0 radical (unpaired) electrons. The molecule has 3 heteroatoms. The number of benzene rings is 1. The van der Waals surface area contributed by atoms with Crippen molar-refractivity contribution in [2.24, 2.45) is 5.73 Å². The molecule has 0 spiro atoms. The molecule has 0 aromatic heterocycles. The van der Waals surface area contributed by atoms with Crippen LogP contribution in [0.25, 0.3) is 0 Å². The second-order valence-electron chi connectivity index (χ2n) is 5.62. The zero-order valence-corrected chi connectivity index (χ0v) is 11.8. The Morgan fingerprint density at radius 1 is 1.11 bits per heavy atom. The first-order valence-electron chi connectivity index (χ1n) is 6.79. The lowest BCUT2D eigenvalue weighted by molar-refractivity contribution is 0.224. The van der Waals surface area contributed by atoms with Crippen molar-refractivity contribution < 1.29 is 0 Å². The summed E-state index contributed by atoms with van der Waals surface area (Å²) in [5.41, 5.74) is 8.98. The van der Waals surface area contributed by atoms with Gasteiger partial charge in [0.05, 0.1) is 0 Å². The molecule has 3 nitrogen and oxygen atoms in total. The van der Waals surface area contributed by atoms with Crippen LogP contribution in [0.3, 0.4) is 0 Å². The summed E-state index contributed by atoms with van der Waals surface area (Å²) in [6, 6.07) is 9.33. The topological polar surface area (TPSA) is 32.5 Å².